The highest BCUT2D eigenvalue weighted by molar-refractivity contribution is 5.89. The first-order valence-corrected chi connectivity index (χ1v) is 6.16. The Bertz CT molecular complexity index is 452. The first-order valence-electron chi connectivity index (χ1n) is 6.16. The minimum atomic E-state index is -0.867. The molecule has 3 N–H and O–H groups in total. The second kappa shape index (κ2) is 6.22. The van der Waals surface area contributed by atoms with Crippen LogP contribution in [-0.2, 0) is 4.79 Å². The predicted octanol–water partition coefficient (Wildman–Crippen LogP) is 2.76. The first-order chi connectivity index (χ1) is 8.78. The predicted molar refractivity (Wildman–Crippen MR) is 74.3 cm³/mol. The molecule has 5 nitrogen and oxygen atoms in total. The van der Waals surface area contributed by atoms with Gasteiger partial charge in [-0.1, -0.05) is 17.7 Å². The lowest BCUT2D eigenvalue weighted by molar-refractivity contribution is -0.137. The number of hydrogen-bond donors (Lipinski definition) is 3. The molecule has 0 radical (unpaired) electrons. The molecule has 0 atom stereocenters. The molecule has 19 heavy (non-hydrogen) atoms. The van der Waals surface area contributed by atoms with Crippen molar-refractivity contribution < 1.29 is 14.7 Å². The van der Waals surface area contributed by atoms with Crippen LogP contribution in [-0.4, -0.2) is 22.6 Å². The number of urea groups is 1. The Morgan fingerprint density at radius 1 is 1.21 bits per heavy atom. The number of benzene rings is 1. The fraction of sp³-hybridized carbons (Fsp3) is 0.429. The first kappa shape index (κ1) is 15.0. The van der Waals surface area contributed by atoms with Gasteiger partial charge in [-0.25, -0.2) is 4.79 Å². The number of carbonyl (C=O) groups is 2. The maximum atomic E-state index is 11.8. The summed E-state index contributed by atoms with van der Waals surface area (Å²) in [6, 6.07) is 7.12. The fourth-order valence-electron chi connectivity index (χ4n) is 1.59. The van der Waals surface area contributed by atoms with Crippen LogP contribution in [0.15, 0.2) is 24.3 Å². The van der Waals surface area contributed by atoms with Crippen molar-refractivity contribution in [2.24, 2.45) is 0 Å². The van der Waals surface area contributed by atoms with Gasteiger partial charge in [0.1, 0.15) is 0 Å². The van der Waals surface area contributed by atoms with Crippen molar-refractivity contribution in [1.29, 1.82) is 0 Å². The monoisotopic (exact) mass is 264 g/mol. The minimum absolute atomic E-state index is 0.0256. The average Bonchev–Trinajstić information content (AvgIpc) is 2.29. The van der Waals surface area contributed by atoms with Crippen molar-refractivity contribution in [2.45, 2.75) is 39.2 Å². The van der Waals surface area contributed by atoms with E-state index in [2.05, 4.69) is 10.6 Å². The number of hydrogen-bond acceptors (Lipinski definition) is 2. The summed E-state index contributed by atoms with van der Waals surface area (Å²) >= 11 is 0. The minimum Gasteiger partial charge on any atom is -0.481 e. The number of carboxylic acid groups (broad SMARTS) is 1. The van der Waals surface area contributed by atoms with Gasteiger partial charge in [0.25, 0.3) is 0 Å². The largest absolute Gasteiger partial charge is 0.481 e. The van der Waals surface area contributed by atoms with E-state index in [1.54, 1.807) is 13.8 Å². The molecule has 1 aromatic carbocycles. The zero-order valence-electron chi connectivity index (χ0n) is 11.5. The van der Waals surface area contributed by atoms with E-state index in [0.717, 1.165) is 5.56 Å². The third kappa shape index (κ3) is 5.90. The number of rotatable bonds is 5. The summed E-state index contributed by atoms with van der Waals surface area (Å²) in [5.41, 5.74) is 1.26. The van der Waals surface area contributed by atoms with Crippen LogP contribution in [0.1, 0.15) is 32.3 Å². The van der Waals surface area contributed by atoms with Crippen molar-refractivity contribution in [3.63, 3.8) is 0 Å². The van der Waals surface area contributed by atoms with E-state index in [1.807, 2.05) is 31.2 Å². The second-order valence-electron chi connectivity index (χ2n) is 5.22. The topological polar surface area (TPSA) is 78.4 Å². The Morgan fingerprint density at radius 3 is 2.32 bits per heavy atom. The SMILES string of the molecule is Cc1ccc(NC(=O)NC(C)(C)CCC(=O)O)cc1. The van der Waals surface area contributed by atoms with Crippen LogP contribution in [0.3, 0.4) is 0 Å². The molecule has 0 heterocycles. The molecule has 104 valence electrons. The molecule has 0 bridgehead atoms. The summed E-state index contributed by atoms with van der Waals surface area (Å²) in [5.74, 6) is -0.867. The maximum Gasteiger partial charge on any atom is 0.319 e. The Hall–Kier alpha value is -2.04. The molecular formula is C14H20N2O3. The Morgan fingerprint density at radius 2 is 1.79 bits per heavy atom. The van der Waals surface area contributed by atoms with Crippen LogP contribution in [0.5, 0.6) is 0 Å². The van der Waals surface area contributed by atoms with E-state index in [-0.39, 0.29) is 12.5 Å². The summed E-state index contributed by atoms with van der Waals surface area (Å²) < 4.78 is 0. The lowest BCUT2D eigenvalue weighted by Crippen LogP contribution is -2.45. The van der Waals surface area contributed by atoms with Crippen molar-refractivity contribution in [1.82, 2.24) is 5.32 Å². The molecule has 0 aromatic heterocycles. The van der Waals surface area contributed by atoms with Gasteiger partial charge in [0.05, 0.1) is 0 Å². The van der Waals surface area contributed by atoms with Crippen LogP contribution in [0.2, 0.25) is 0 Å². The van der Waals surface area contributed by atoms with Gasteiger partial charge in [0.15, 0.2) is 0 Å². The number of amides is 2. The molecular weight excluding hydrogens is 244 g/mol. The standard InChI is InChI=1S/C14H20N2O3/c1-10-4-6-11(7-5-10)15-13(19)16-14(2,3)9-8-12(17)18/h4-7H,8-9H2,1-3H3,(H,17,18)(H2,15,16,19). The third-order valence-corrected chi connectivity index (χ3v) is 2.73. The summed E-state index contributed by atoms with van der Waals surface area (Å²) in [7, 11) is 0. The van der Waals surface area contributed by atoms with Gasteiger partial charge >= 0.3 is 12.0 Å². The number of carbonyl (C=O) groups excluding carboxylic acids is 1. The number of anilines is 1. The van der Waals surface area contributed by atoms with Crippen LogP contribution in [0.4, 0.5) is 10.5 Å². The Labute approximate surface area is 113 Å². The molecule has 0 saturated carbocycles. The molecule has 5 heteroatoms. The number of carboxylic acids is 1. The smallest absolute Gasteiger partial charge is 0.319 e. The quantitative estimate of drug-likeness (QED) is 0.765. The summed E-state index contributed by atoms with van der Waals surface area (Å²) in [5, 5.41) is 14.1. The van der Waals surface area contributed by atoms with Gasteiger partial charge in [0, 0.05) is 17.6 Å². The molecule has 0 fully saturated rings. The fourth-order valence-corrected chi connectivity index (χ4v) is 1.59. The van der Waals surface area contributed by atoms with Gasteiger partial charge in [-0.3, -0.25) is 4.79 Å². The molecule has 0 spiro atoms. The summed E-state index contributed by atoms with van der Waals surface area (Å²) in [6.07, 6.45) is 0.404. The molecule has 0 aliphatic rings. The molecule has 0 aliphatic heterocycles. The Balaban J connectivity index is 2.50. The van der Waals surface area contributed by atoms with Crippen LogP contribution in [0.25, 0.3) is 0 Å². The zero-order valence-corrected chi connectivity index (χ0v) is 11.5. The van der Waals surface area contributed by atoms with Gasteiger partial charge < -0.3 is 15.7 Å². The molecule has 0 unspecified atom stereocenters. The lowest BCUT2D eigenvalue weighted by atomic mass is 9.99. The molecule has 0 saturated heterocycles. The second-order valence-corrected chi connectivity index (χ2v) is 5.22. The van der Waals surface area contributed by atoms with Gasteiger partial charge in [-0.2, -0.15) is 0 Å². The van der Waals surface area contributed by atoms with E-state index in [4.69, 9.17) is 5.11 Å². The van der Waals surface area contributed by atoms with E-state index in [0.29, 0.717) is 12.1 Å². The molecule has 1 rings (SSSR count). The van der Waals surface area contributed by atoms with E-state index >= 15 is 0 Å². The maximum absolute atomic E-state index is 11.8. The zero-order chi connectivity index (χ0) is 14.5. The molecule has 1 aromatic rings. The molecule has 0 aliphatic carbocycles. The number of aliphatic carboxylic acids is 1. The van der Waals surface area contributed by atoms with Crippen molar-refractivity contribution in [3.8, 4) is 0 Å². The molecule has 2 amide bonds. The highest BCUT2D eigenvalue weighted by atomic mass is 16.4. The van der Waals surface area contributed by atoms with Crippen molar-refractivity contribution in [3.05, 3.63) is 29.8 Å². The van der Waals surface area contributed by atoms with Crippen LogP contribution < -0.4 is 10.6 Å². The van der Waals surface area contributed by atoms with Gasteiger partial charge in [-0.15, -0.1) is 0 Å². The summed E-state index contributed by atoms with van der Waals surface area (Å²) in [6.45, 7) is 5.56. The average molecular weight is 264 g/mol. The highest BCUT2D eigenvalue weighted by Crippen LogP contribution is 2.13. The number of aryl methyl sites for hydroxylation is 1. The summed E-state index contributed by atoms with van der Waals surface area (Å²) in [4.78, 5) is 22.3. The van der Waals surface area contributed by atoms with E-state index in [9.17, 15) is 9.59 Å². The van der Waals surface area contributed by atoms with Gasteiger partial charge in [-0.05, 0) is 39.3 Å². The lowest BCUT2D eigenvalue weighted by Gasteiger charge is -2.25. The van der Waals surface area contributed by atoms with Crippen LogP contribution in [0, 0.1) is 6.92 Å². The van der Waals surface area contributed by atoms with Gasteiger partial charge in [0.2, 0.25) is 0 Å². The van der Waals surface area contributed by atoms with E-state index < -0.39 is 11.5 Å². The van der Waals surface area contributed by atoms with Crippen LogP contribution >= 0.6 is 0 Å². The normalized spacial score (nSPS) is 10.9. The Kier molecular flexibility index (Phi) is 4.92. The third-order valence-electron chi connectivity index (χ3n) is 2.73. The highest BCUT2D eigenvalue weighted by Gasteiger charge is 2.21. The number of nitrogens with one attached hydrogen (secondary N) is 2. The van der Waals surface area contributed by atoms with Crippen molar-refractivity contribution >= 4 is 17.7 Å². The van der Waals surface area contributed by atoms with E-state index in [1.165, 1.54) is 0 Å². The van der Waals surface area contributed by atoms with Crippen molar-refractivity contribution in [2.75, 3.05) is 5.32 Å².